The van der Waals surface area contributed by atoms with Gasteiger partial charge in [-0.1, -0.05) is 18.2 Å². The van der Waals surface area contributed by atoms with E-state index < -0.39 is 36.7 Å². The van der Waals surface area contributed by atoms with Crippen molar-refractivity contribution in [3.05, 3.63) is 66.0 Å². The Balaban J connectivity index is 1.65. The van der Waals surface area contributed by atoms with Crippen molar-refractivity contribution in [1.29, 1.82) is 0 Å². The maximum atomic E-state index is 14.4. The van der Waals surface area contributed by atoms with Crippen LogP contribution in [0.5, 0.6) is 0 Å². The van der Waals surface area contributed by atoms with Gasteiger partial charge in [-0.2, -0.15) is 13.2 Å². The largest absolute Gasteiger partial charge is 0.414 e. The van der Waals surface area contributed by atoms with Crippen LogP contribution < -0.4 is 10.6 Å². The van der Waals surface area contributed by atoms with E-state index >= 15 is 0 Å². The van der Waals surface area contributed by atoms with Gasteiger partial charge in [-0.25, -0.2) is 9.07 Å². The highest BCUT2D eigenvalue weighted by Gasteiger charge is 2.37. The second-order valence-corrected chi connectivity index (χ2v) is 8.15. The van der Waals surface area contributed by atoms with Crippen LogP contribution in [0.25, 0.3) is 16.9 Å². The molecule has 1 saturated heterocycles. The number of halogens is 4. The standard InChI is InChI=1S/C24H22F4N4O3/c1-14(24(26,27)28)35-13-15-9-16(11-17(25)10-15)20-12-21(30-23(34)19-7-8-22(33)29-19)31-32(20)18-5-3-2-4-6-18/h2-6,9-12,14,19H,7-8,13H2,1H3,(H,29,33)(H,30,31,34)/t14-,19-/m1/s1. The van der Waals surface area contributed by atoms with Gasteiger partial charge in [0.25, 0.3) is 0 Å². The number of ether oxygens (including phenoxy) is 1. The van der Waals surface area contributed by atoms with E-state index in [1.165, 1.54) is 22.9 Å². The molecule has 3 aromatic rings. The van der Waals surface area contributed by atoms with Crippen molar-refractivity contribution < 1.29 is 31.9 Å². The Morgan fingerprint density at radius 3 is 2.63 bits per heavy atom. The summed E-state index contributed by atoms with van der Waals surface area (Å²) >= 11 is 0. The van der Waals surface area contributed by atoms with Crippen LogP contribution in [0, 0.1) is 5.82 Å². The number of carbonyl (C=O) groups excluding carboxylic acids is 2. The number of nitrogens with one attached hydrogen (secondary N) is 2. The Bertz CT molecular complexity index is 1230. The molecular weight excluding hydrogens is 468 g/mol. The molecule has 1 fully saturated rings. The van der Waals surface area contributed by atoms with Gasteiger partial charge >= 0.3 is 6.18 Å². The zero-order chi connectivity index (χ0) is 25.2. The van der Waals surface area contributed by atoms with E-state index in [9.17, 15) is 27.2 Å². The van der Waals surface area contributed by atoms with Gasteiger partial charge in [0.05, 0.1) is 18.0 Å². The van der Waals surface area contributed by atoms with Gasteiger partial charge in [-0.05, 0) is 49.2 Å². The molecule has 35 heavy (non-hydrogen) atoms. The molecule has 2 atom stereocenters. The van der Waals surface area contributed by atoms with Crippen LogP contribution in [0.15, 0.2) is 54.6 Å². The van der Waals surface area contributed by atoms with Crippen LogP contribution in [0.2, 0.25) is 0 Å². The van der Waals surface area contributed by atoms with Crippen molar-refractivity contribution in [3.63, 3.8) is 0 Å². The average molecular weight is 490 g/mol. The predicted octanol–water partition coefficient (Wildman–Crippen LogP) is 4.36. The second-order valence-electron chi connectivity index (χ2n) is 8.15. The summed E-state index contributed by atoms with van der Waals surface area (Å²) < 4.78 is 59.2. The fourth-order valence-corrected chi connectivity index (χ4v) is 3.64. The highest BCUT2D eigenvalue weighted by molar-refractivity contribution is 5.98. The molecular formula is C24H22F4N4O3. The predicted molar refractivity (Wildman–Crippen MR) is 119 cm³/mol. The average Bonchev–Trinajstić information content (AvgIpc) is 3.43. The Morgan fingerprint density at radius 1 is 1.23 bits per heavy atom. The van der Waals surface area contributed by atoms with E-state index in [4.69, 9.17) is 4.74 Å². The third-order valence-electron chi connectivity index (χ3n) is 5.49. The number of para-hydroxylation sites is 1. The van der Waals surface area contributed by atoms with E-state index in [0.29, 0.717) is 23.4 Å². The van der Waals surface area contributed by atoms with Gasteiger partial charge < -0.3 is 15.4 Å². The third-order valence-corrected chi connectivity index (χ3v) is 5.49. The second kappa shape index (κ2) is 9.87. The third kappa shape index (κ3) is 5.86. The maximum absolute atomic E-state index is 14.4. The van der Waals surface area contributed by atoms with E-state index in [1.54, 1.807) is 30.3 Å². The molecule has 0 aliphatic carbocycles. The monoisotopic (exact) mass is 490 g/mol. The fourth-order valence-electron chi connectivity index (χ4n) is 3.64. The molecule has 0 spiro atoms. The van der Waals surface area contributed by atoms with E-state index in [0.717, 1.165) is 13.0 Å². The first kappa shape index (κ1) is 24.4. The van der Waals surface area contributed by atoms with Crippen LogP contribution in [-0.2, 0) is 20.9 Å². The topological polar surface area (TPSA) is 85.2 Å². The Hall–Kier alpha value is -3.73. The number of hydrogen-bond acceptors (Lipinski definition) is 4. The lowest BCUT2D eigenvalue weighted by Crippen LogP contribution is -2.37. The van der Waals surface area contributed by atoms with Crippen molar-refractivity contribution in [3.8, 4) is 16.9 Å². The van der Waals surface area contributed by atoms with Gasteiger partial charge in [-0.3, -0.25) is 9.59 Å². The number of rotatable bonds is 7. The molecule has 2 heterocycles. The van der Waals surface area contributed by atoms with Gasteiger partial charge in [0.2, 0.25) is 11.8 Å². The Morgan fingerprint density at radius 2 is 1.97 bits per heavy atom. The summed E-state index contributed by atoms with van der Waals surface area (Å²) in [7, 11) is 0. The number of hydrogen-bond donors (Lipinski definition) is 2. The SMILES string of the molecule is C[C@@H](OCc1cc(F)cc(-c2cc(NC(=O)[C@H]3CCC(=O)N3)nn2-c2ccccc2)c1)C(F)(F)F. The number of anilines is 1. The minimum absolute atomic E-state index is 0.169. The highest BCUT2D eigenvalue weighted by atomic mass is 19.4. The Labute approximate surface area is 198 Å². The van der Waals surface area contributed by atoms with Crippen molar-refractivity contribution in [2.45, 2.75) is 44.7 Å². The van der Waals surface area contributed by atoms with Crippen molar-refractivity contribution in [2.75, 3.05) is 5.32 Å². The molecule has 0 unspecified atom stereocenters. The number of nitrogens with zero attached hydrogens (tertiary/aromatic N) is 2. The Kier molecular flexibility index (Phi) is 6.88. The van der Waals surface area contributed by atoms with Crippen LogP contribution in [0.4, 0.5) is 23.4 Å². The summed E-state index contributed by atoms with van der Waals surface area (Å²) in [5, 5.41) is 9.66. The van der Waals surface area contributed by atoms with Crippen molar-refractivity contribution >= 4 is 17.6 Å². The quantitative estimate of drug-likeness (QED) is 0.482. The minimum atomic E-state index is -4.53. The normalized spacial score (nSPS) is 16.7. The van der Waals surface area contributed by atoms with Crippen molar-refractivity contribution in [1.82, 2.24) is 15.1 Å². The van der Waals surface area contributed by atoms with E-state index in [1.807, 2.05) is 0 Å². The number of aromatic nitrogens is 2. The summed E-state index contributed by atoms with van der Waals surface area (Å²) in [6.07, 6.45) is -5.93. The number of alkyl halides is 3. The minimum Gasteiger partial charge on any atom is -0.364 e. The first-order valence-electron chi connectivity index (χ1n) is 10.8. The van der Waals surface area contributed by atoms with Gasteiger partial charge in [0.1, 0.15) is 11.9 Å². The lowest BCUT2D eigenvalue weighted by atomic mass is 10.1. The first-order valence-corrected chi connectivity index (χ1v) is 10.8. The lowest BCUT2D eigenvalue weighted by Gasteiger charge is -2.16. The zero-order valence-electron chi connectivity index (χ0n) is 18.6. The van der Waals surface area contributed by atoms with Gasteiger partial charge in [-0.15, -0.1) is 5.10 Å². The summed E-state index contributed by atoms with van der Waals surface area (Å²) in [4.78, 5) is 24.0. The summed E-state index contributed by atoms with van der Waals surface area (Å²) in [5.74, 6) is -1.15. The fraction of sp³-hybridized carbons (Fsp3) is 0.292. The molecule has 0 bridgehead atoms. The van der Waals surface area contributed by atoms with Crippen molar-refractivity contribution in [2.24, 2.45) is 0 Å². The number of benzene rings is 2. The molecule has 1 aliphatic rings. The first-order chi connectivity index (χ1) is 16.6. The summed E-state index contributed by atoms with van der Waals surface area (Å²) in [6.45, 7) is 0.433. The molecule has 2 aromatic carbocycles. The molecule has 184 valence electrons. The van der Waals surface area contributed by atoms with Crippen LogP contribution in [-0.4, -0.2) is 39.9 Å². The molecule has 7 nitrogen and oxygen atoms in total. The molecule has 2 N–H and O–H groups in total. The number of amides is 2. The highest BCUT2D eigenvalue weighted by Crippen LogP contribution is 2.29. The lowest BCUT2D eigenvalue weighted by molar-refractivity contribution is -0.217. The van der Waals surface area contributed by atoms with Crippen LogP contribution in [0.3, 0.4) is 0 Å². The molecule has 11 heteroatoms. The van der Waals surface area contributed by atoms with Crippen LogP contribution >= 0.6 is 0 Å². The zero-order valence-corrected chi connectivity index (χ0v) is 18.6. The molecule has 0 radical (unpaired) electrons. The maximum Gasteiger partial charge on any atom is 0.414 e. The molecule has 0 saturated carbocycles. The molecule has 1 aliphatic heterocycles. The van der Waals surface area contributed by atoms with Gasteiger partial charge in [0.15, 0.2) is 11.9 Å². The van der Waals surface area contributed by atoms with Gasteiger partial charge in [0, 0.05) is 18.1 Å². The molecule has 4 rings (SSSR count). The summed E-state index contributed by atoms with van der Waals surface area (Å²) in [6, 6.07) is 13.5. The van der Waals surface area contributed by atoms with E-state index in [-0.39, 0.29) is 23.7 Å². The smallest absolute Gasteiger partial charge is 0.364 e. The molecule has 1 aromatic heterocycles. The molecule has 2 amide bonds. The number of carbonyl (C=O) groups is 2. The van der Waals surface area contributed by atoms with Crippen LogP contribution in [0.1, 0.15) is 25.3 Å². The summed E-state index contributed by atoms with van der Waals surface area (Å²) in [5.41, 5.74) is 1.54. The van der Waals surface area contributed by atoms with E-state index in [2.05, 4.69) is 15.7 Å².